The number of benzene rings is 1. The number of piperidine rings is 1. The zero-order valence-electron chi connectivity index (χ0n) is 16.0. The molecule has 0 unspecified atom stereocenters. The third-order valence-electron chi connectivity index (χ3n) is 5.94. The van der Waals surface area contributed by atoms with Crippen molar-refractivity contribution in [2.45, 2.75) is 25.8 Å². The van der Waals surface area contributed by atoms with Gasteiger partial charge < -0.3 is 9.47 Å². The Bertz CT molecular complexity index is 1150. The lowest BCUT2D eigenvalue weighted by molar-refractivity contribution is 0.0588. The van der Waals surface area contributed by atoms with Crippen LogP contribution < -0.4 is 5.56 Å². The first-order valence-electron chi connectivity index (χ1n) is 9.68. The summed E-state index contributed by atoms with van der Waals surface area (Å²) in [4.78, 5) is 27.3. The topological polar surface area (TPSA) is 73.0 Å². The molecule has 2 bridgehead atoms. The van der Waals surface area contributed by atoms with Crippen LogP contribution in [-0.2, 0) is 6.54 Å². The lowest BCUT2D eigenvalue weighted by atomic mass is 9.83. The van der Waals surface area contributed by atoms with Gasteiger partial charge in [-0.1, -0.05) is 22.9 Å². The summed E-state index contributed by atoms with van der Waals surface area (Å²) in [6, 6.07) is 12.7. The fourth-order valence-electron chi connectivity index (χ4n) is 4.57. The van der Waals surface area contributed by atoms with Crippen LogP contribution in [0.4, 0.5) is 0 Å². The highest BCUT2D eigenvalue weighted by Gasteiger charge is 2.37. The number of carbonyl (C=O) groups is 1. The molecule has 5 rings (SSSR count). The molecule has 1 aromatic carbocycles. The zero-order chi connectivity index (χ0) is 20.1. The van der Waals surface area contributed by atoms with E-state index >= 15 is 0 Å². The Labute approximate surface area is 172 Å². The van der Waals surface area contributed by atoms with Crippen LogP contribution in [0.5, 0.6) is 0 Å². The lowest BCUT2D eigenvalue weighted by Gasteiger charge is -2.42. The number of hydrogen-bond acceptors (Lipinski definition) is 4. The highest BCUT2D eigenvalue weighted by atomic mass is 35.5. The Morgan fingerprint density at radius 3 is 2.69 bits per heavy atom. The van der Waals surface area contributed by atoms with Crippen molar-refractivity contribution >= 4 is 17.5 Å². The van der Waals surface area contributed by atoms with Crippen molar-refractivity contribution in [3.05, 3.63) is 74.9 Å². The monoisotopic (exact) mass is 409 g/mol. The van der Waals surface area contributed by atoms with Crippen LogP contribution in [-0.4, -0.2) is 43.5 Å². The van der Waals surface area contributed by atoms with E-state index in [1.807, 2.05) is 34.6 Å². The fourth-order valence-corrected chi connectivity index (χ4v) is 4.69. The normalized spacial score (nSPS) is 20.4. The number of likely N-dealkylation sites (tertiary alicyclic amines) is 1. The van der Waals surface area contributed by atoms with E-state index in [0.29, 0.717) is 36.0 Å². The van der Waals surface area contributed by atoms with Gasteiger partial charge in [0.15, 0.2) is 5.69 Å². The Balaban J connectivity index is 1.42. The summed E-state index contributed by atoms with van der Waals surface area (Å²) in [7, 11) is 0. The van der Waals surface area contributed by atoms with E-state index < -0.39 is 0 Å². The predicted octanol–water partition coefficient (Wildman–Crippen LogP) is 2.65. The van der Waals surface area contributed by atoms with Gasteiger partial charge in [-0.2, -0.15) is 0 Å². The number of rotatable bonds is 2. The minimum Gasteiger partial charge on any atom is -0.336 e. The molecule has 1 amide bonds. The summed E-state index contributed by atoms with van der Waals surface area (Å²) in [5.41, 5.74) is 2.93. The highest BCUT2D eigenvalue weighted by Crippen LogP contribution is 2.35. The molecule has 1 fully saturated rings. The van der Waals surface area contributed by atoms with Gasteiger partial charge in [0.1, 0.15) is 0 Å². The average Bonchev–Trinajstić information content (AvgIpc) is 3.10. The summed E-state index contributed by atoms with van der Waals surface area (Å²) in [6.07, 6.45) is 1.00. The molecule has 4 heterocycles. The molecule has 8 heteroatoms. The van der Waals surface area contributed by atoms with Gasteiger partial charge in [-0.25, -0.2) is 4.68 Å². The molecule has 0 radical (unpaired) electrons. The molecular weight excluding hydrogens is 390 g/mol. The van der Waals surface area contributed by atoms with Crippen LogP contribution in [0.1, 0.15) is 34.2 Å². The maximum Gasteiger partial charge on any atom is 0.276 e. The molecule has 29 heavy (non-hydrogen) atoms. The van der Waals surface area contributed by atoms with Gasteiger partial charge in [-0.15, -0.1) is 5.10 Å². The second kappa shape index (κ2) is 6.84. The van der Waals surface area contributed by atoms with Gasteiger partial charge in [0.05, 0.1) is 11.4 Å². The van der Waals surface area contributed by atoms with E-state index in [4.69, 9.17) is 11.6 Å². The highest BCUT2D eigenvalue weighted by molar-refractivity contribution is 6.30. The predicted molar refractivity (Wildman–Crippen MR) is 109 cm³/mol. The van der Waals surface area contributed by atoms with Gasteiger partial charge >= 0.3 is 0 Å². The molecular formula is C21H20ClN5O2. The first kappa shape index (κ1) is 18.1. The van der Waals surface area contributed by atoms with Crippen molar-refractivity contribution in [3.8, 4) is 5.69 Å². The first-order valence-corrected chi connectivity index (χ1v) is 10.1. The number of aromatic nitrogens is 4. The van der Waals surface area contributed by atoms with E-state index in [0.717, 1.165) is 17.8 Å². The largest absolute Gasteiger partial charge is 0.336 e. The molecule has 0 N–H and O–H groups in total. The number of fused-ring (bicyclic) bond motifs is 4. The van der Waals surface area contributed by atoms with Crippen LogP contribution >= 0.6 is 11.6 Å². The fraction of sp³-hybridized carbons (Fsp3) is 0.333. The SMILES string of the molecule is Cc1c(C(=O)N2C[C@@H]3C[C@H](C2)c2cccc(=O)n2C3)nnn1-c1ccc(Cl)cc1. The number of hydrogen-bond donors (Lipinski definition) is 0. The molecule has 148 valence electrons. The summed E-state index contributed by atoms with van der Waals surface area (Å²) in [5.74, 6) is 0.341. The van der Waals surface area contributed by atoms with Gasteiger partial charge in [-0.3, -0.25) is 9.59 Å². The Morgan fingerprint density at radius 2 is 1.90 bits per heavy atom. The first-order chi connectivity index (χ1) is 14.0. The Kier molecular flexibility index (Phi) is 4.28. The average molecular weight is 410 g/mol. The minimum absolute atomic E-state index is 0.0405. The Morgan fingerprint density at radius 1 is 1.10 bits per heavy atom. The van der Waals surface area contributed by atoms with Crippen LogP contribution in [0.15, 0.2) is 47.3 Å². The second-order valence-corrected chi connectivity index (χ2v) is 8.26. The van der Waals surface area contributed by atoms with E-state index in [9.17, 15) is 9.59 Å². The van der Waals surface area contributed by atoms with Gasteiger partial charge in [-0.05, 0) is 49.6 Å². The molecule has 1 saturated heterocycles. The smallest absolute Gasteiger partial charge is 0.276 e. The number of carbonyl (C=O) groups excluding carboxylic acids is 1. The lowest BCUT2D eigenvalue weighted by Crippen LogP contribution is -2.49. The minimum atomic E-state index is -0.107. The van der Waals surface area contributed by atoms with Crippen LogP contribution in [0.2, 0.25) is 5.02 Å². The van der Waals surface area contributed by atoms with Crippen molar-refractivity contribution in [2.24, 2.45) is 5.92 Å². The van der Waals surface area contributed by atoms with E-state index in [1.54, 1.807) is 28.9 Å². The molecule has 0 aliphatic carbocycles. The van der Waals surface area contributed by atoms with Crippen molar-refractivity contribution in [1.82, 2.24) is 24.5 Å². The number of amides is 1. The third-order valence-corrected chi connectivity index (χ3v) is 6.19. The molecule has 3 aromatic rings. The number of nitrogens with zero attached hydrogens (tertiary/aromatic N) is 5. The number of pyridine rings is 1. The summed E-state index contributed by atoms with van der Waals surface area (Å²) < 4.78 is 3.52. The summed E-state index contributed by atoms with van der Waals surface area (Å²) in [5, 5.41) is 9.00. The van der Waals surface area contributed by atoms with Crippen molar-refractivity contribution in [2.75, 3.05) is 13.1 Å². The molecule has 0 spiro atoms. The molecule has 2 aliphatic heterocycles. The van der Waals surface area contributed by atoms with Crippen molar-refractivity contribution in [1.29, 1.82) is 0 Å². The summed E-state index contributed by atoms with van der Waals surface area (Å²) in [6.45, 7) is 3.72. The molecule has 2 aromatic heterocycles. The van der Waals surface area contributed by atoms with Crippen molar-refractivity contribution in [3.63, 3.8) is 0 Å². The maximum atomic E-state index is 13.2. The van der Waals surface area contributed by atoms with E-state index in [-0.39, 0.29) is 23.3 Å². The van der Waals surface area contributed by atoms with Crippen LogP contribution in [0.3, 0.4) is 0 Å². The maximum absolute atomic E-state index is 13.2. The van der Waals surface area contributed by atoms with E-state index in [2.05, 4.69) is 10.3 Å². The molecule has 2 atom stereocenters. The second-order valence-electron chi connectivity index (χ2n) is 7.82. The number of halogens is 1. The third kappa shape index (κ3) is 3.06. The van der Waals surface area contributed by atoms with Gasteiger partial charge in [0.2, 0.25) is 0 Å². The van der Waals surface area contributed by atoms with Crippen molar-refractivity contribution < 1.29 is 4.79 Å². The Hall–Kier alpha value is -2.93. The zero-order valence-corrected chi connectivity index (χ0v) is 16.7. The van der Waals surface area contributed by atoms with Gasteiger partial charge in [0, 0.05) is 42.3 Å². The van der Waals surface area contributed by atoms with Crippen LogP contribution in [0.25, 0.3) is 5.69 Å². The molecule has 0 saturated carbocycles. The standard InChI is InChI=1S/C21H20ClN5O2/c1-13-20(23-24-27(13)17-7-5-16(22)6-8-17)21(29)25-10-14-9-15(12-25)18-3-2-4-19(28)26(18)11-14/h2-8,14-15H,9-12H2,1H3/t14-,15+/m0/s1. The van der Waals surface area contributed by atoms with Gasteiger partial charge in [0.25, 0.3) is 11.5 Å². The quantitative estimate of drug-likeness (QED) is 0.652. The molecule has 2 aliphatic rings. The molecule has 7 nitrogen and oxygen atoms in total. The van der Waals surface area contributed by atoms with Crippen LogP contribution in [0, 0.1) is 12.8 Å². The van der Waals surface area contributed by atoms with E-state index in [1.165, 1.54) is 0 Å². The summed E-state index contributed by atoms with van der Waals surface area (Å²) >= 11 is 5.96.